The number of hydrogen-bond acceptors (Lipinski definition) is 9. The first-order valence-corrected chi connectivity index (χ1v) is 23.2. The number of carbonyl (C=O) groups is 4. The third-order valence-corrected chi connectivity index (χ3v) is 13.3. The standard InChI is InChI=1S/C26H26F3N3O4.C24H22F3N3O4/c1-2-35-25(34)23-21(26(27,28)29)20-19(36-23)9-8-18-15-32(30-22(18)20)14-16-10-12-31(13-11-16)24(33)17-6-4-3-5-7-17;25-24(26,27)19-18-17(34-21(19)23(32)33)7-6-16-13-30(28-20(16)18)12-14-8-10-29(11-9-14)22(31)15-4-2-1-3-5-15/h3-7,15-16H,2,8-14H2,1H3;1-5,13-14H,6-12H2,(H,32,33). The molecule has 0 atom stereocenters. The number of carboxylic acids is 1. The third kappa shape index (κ3) is 9.72. The normalized spacial score (nSPS) is 16.1. The van der Waals surface area contributed by atoms with E-state index in [1.54, 1.807) is 46.0 Å². The van der Waals surface area contributed by atoms with Gasteiger partial charge in [-0.25, -0.2) is 9.59 Å². The Morgan fingerprint density at radius 3 is 1.41 bits per heavy atom. The van der Waals surface area contributed by atoms with Gasteiger partial charge >= 0.3 is 24.3 Å². The maximum absolute atomic E-state index is 14.0. The van der Waals surface area contributed by atoms with Crippen LogP contribution >= 0.6 is 0 Å². The van der Waals surface area contributed by atoms with E-state index in [2.05, 4.69) is 10.2 Å². The number of ether oxygens (including phenoxy) is 1. The van der Waals surface area contributed by atoms with E-state index >= 15 is 0 Å². The highest BCUT2D eigenvalue weighted by Gasteiger charge is 2.47. The van der Waals surface area contributed by atoms with Crippen LogP contribution < -0.4 is 0 Å². The number of benzene rings is 2. The van der Waals surface area contributed by atoms with E-state index in [9.17, 15) is 50.6 Å². The van der Waals surface area contributed by atoms with Crippen LogP contribution in [0.2, 0.25) is 0 Å². The average Bonchev–Trinajstić information content (AvgIpc) is 4.15. The molecule has 10 rings (SSSR count). The van der Waals surface area contributed by atoms with Crippen molar-refractivity contribution in [2.45, 2.75) is 83.7 Å². The molecule has 2 saturated heterocycles. The van der Waals surface area contributed by atoms with E-state index in [1.807, 2.05) is 46.2 Å². The number of aromatic nitrogens is 4. The van der Waals surface area contributed by atoms with E-state index < -0.39 is 46.9 Å². The molecular formula is C50H48F6N6O8. The zero-order chi connectivity index (χ0) is 49.5. The second-order valence-corrected chi connectivity index (χ2v) is 17.9. The Hall–Kier alpha value is -7.12. The van der Waals surface area contributed by atoms with Crippen LogP contribution in [0.4, 0.5) is 26.3 Å². The lowest BCUT2D eigenvalue weighted by molar-refractivity contribution is -0.138. The molecule has 0 bridgehead atoms. The largest absolute Gasteiger partial charge is 0.475 e. The number of alkyl halides is 6. The third-order valence-electron chi connectivity index (χ3n) is 13.3. The van der Waals surface area contributed by atoms with Gasteiger partial charge in [0.2, 0.25) is 11.5 Å². The van der Waals surface area contributed by atoms with E-state index in [0.717, 1.165) is 25.7 Å². The molecule has 2 aromatic carbocycles. The minimum Gasteiger partial charge on any atom is -0.475 e. The highest BCUT2D eigenvalue weighted by molar-refractivity contribution is 5.95. The molecule has 2 aliphatic carbocycles. The molecule has 2 amide bonds. The summed E-state index contributed by atoms with van der Waals surface area (Å²) in [5.74, 6) is -4.19. The lowest BCUT2D eigenvalue weighted by Gasteiger charge is -2.32. The Bertz CT molecular complexity index is 2900. The van der Waals surface area contributed by atoms with Crippen LogP contribution in [0.1, 0.15) is 108 Å². The summed E-state index contributed by atoms with van der Waals surface area (Å²) in [6, 6.07) is 18.2. The number of furan rings is 2. The number of piperidine rings is 2. The van der Waals surface area contributed by atoms with Crippen molar-refractivity contribution in [1.82, 2.24) is 29.4 Å². The zero-order valence-electron chi connectivity index (χ0n) is 37.9. The lowest BCUT2D eigenvalue weighted by Crippen LogP contribution is -2.39. The summed E-state index contributed by atoms with van der Waals surface area (Å²) in [5.41, 5.74) is 0.201. The summed E-state index contributed by atoms with van der Waals surface area (Å²) in [4.78, 5) is 52.6. The first-order chi connectivity index (χ1) is 33.5. The summed E-state index contributed by atoms with van der Waals surface area (Å²) < 4.78 is 102. The topological polar surface area (TPSA) is 166 Å². The molecule has 0 radical (unpaired) electrons. The SMILES string of the molecule is CCOC(=O)c1oc2c(c1C(F)(F)F)-c1nn(CC3CCN(C(=O)c4ccccc4)CC3)cc1CC2.O=C(O)c1oc2c(c1C(F)(F)F)-c1nn(CC3CCN(C(=O)c4ccccc4)CC3)cc1CC2. The van der Waals surface area contributed by atoms with E-state index in [0.29, 0.717) is 74.4 Å². The molecule has 14 nitrogen and oxygen atoms in total. The van der Waals surface area contributed by atoms with Crippen LogP contribution in [0, 0.1) is 11.8 Å². The fourth-order valence-corrected chi connectivity index (χ4v) is 9.93. The monoisotopic (exact) mass is 974 g/mol. The van der Waals surface area contributed by atoms with Crippen molar-refractivity contribution in [3.8, 4) is 22.5 Å². The van der Waals surface area contributed by atoms with E-state index in [1.165, 1.54) is 6.92 Å². The van der Waals surface area contributed by atoms with Gasteiger partial charge in [-0.05, 0) is 92.7 Å². The maximum Gasteiger partial charge on any atom is 0.421 e. The first kappa shape index (κ1) is 47.9. The van der Waals surface area contributed by atoms with Crippen LogP contribution in [0.25, 0.3) is 22.5 Å². The maximum atomic E-state index is 14.0. The number of carbonyl (C=O) groups excluding carboxylic acids is 3. The zero-order valence-corrected chi connectivity index (χ0v) is 37.9. The van der Waals surface area contributed by atoms with Crippen molar-refractivity contribution in [3.63, 3.8) is 0 Å². The van der Waals surface area contributed by atoms with E-state index in [4.69, 9.17) is 13.6 Å². The molecule has 1 N–H and O–H groups in total. The van der Waals surface area contributed by atoms with Crippen molar-refractivity contribution in [2.75, 3.05) is 32.8 Å². The van der Waals surface area contributed by atoms with Gasteiger partial charge < -0.3 is 28.5 Å². The van der Waals surface area contributed by atoms with Gasteiger partial charge in [-0.2, -0.15) is 36.5 Å². The number of fused-ring (bicyclic) bond motifs is 6. The van der Waals surface area contributed by atoms with Crippen LogP contribution in [0.15, 0.2) is 81.9 Å². The van der Waals surface area contributed by atoms with Gasteiger partial charge in [0.25, 0.3) is 11.8 Å². The van der Waals surface area contributed by atoms with Gasteiger partial charge in [-0.3, -0.25) is 19.0 Å². The molecule has 368 valence electrons. The number of carboxylic acid groups (broad SMARTS) is 1. The minimum atomic E-state index is -4.87. The number of nitrogens with zero attached hydrogens (tertiary/aromatic N) is 6. The number of aryl methyl sites for hydroxylation is 4. The number of likely N-dealkylation sites (tertiary alicyclic amines) is 2. The van der Waals surface area contributed by atoms with Gasteiger partial charge in [0.1, 0.15) is 22.6 Å². The molecule has 0 spiro atoms. The highest BCUT2D eigenvalue weighted by atomic mass is 19.4. The second kappa shape index (κ2) is 19.3. The Morgan fingerprint density at radius 2 is 1.03 bits per heavy atom. The molecule has 6 aromatic rings. The molecule has 0 unspecified atom stereocenters. The number of hydrogen-bond donors (Lipinski definition) is 1. The smallest absolute Gasteiger partial charge is 0.421 e. The molecule has 20 heteroatoms. The van der Waals surface area contributed by atoms with Crippen LogP contribution in [-0.4, -0.2) is 91.0 Å². The quantitative estimate of drug-likeness (QED) is 0.109. The molecule has 4 aliphatic rings. The Balaban J connectivity index is 0.000000174. The van der Waals surface area contributed by atoms with Gasteiger partial charge in [-0.1, -0.05) is 36.4 Å². The molecular weight excluding hydrogens is 927 g/mol. The molecule has 2 aliphatic heterocycles. The number of esters is 1. The predicted molar refractivity (Wildman–Crippen MR) is 238 cm³/mol. The molecule has 70 heavy (non-hydrogen) atoms. The van der Waals surface area contributed by atoms with Crippen LogP contribution in [0.3, 0.4) is 0 Å². The number of halogens is 6. The van der Waals surface area contributed by atoms with Crippen LogP contribution in [-0.2, 0) is 55.9 Å². The summed E-state index contributed by atoms with van der Waals surface area (Å²) in [5, 5.41) is 18.2. The lowest BCUT2D eigenvalue weighted by atomic mass is 9.93. The summed E-state index contributed by atoms with van der Waals surface area (Å²) in [6.07, 6.45) is -1.73. The first-order valence-electron chi connectivity index (χ1n) is 23.2. The highest BCUT2D eigenvalue weighted by Crippen LogP contribution is 2.48. The minimum absolute atomic E-state index is 0.00462. The Labute approximate surface area is 396 Å². The fraction of sp³-hybridized carbons (Fsp3) is 0.400. The molecule has 4 aromatic heterocycles. The fourth-order valence-electron chi connectivity index (χ4n) is 9.93. The number of amides is 2. The van der Waals surface area contributed by atoms with Gasteiger partial charge in [0, 0.05) is 75.6 Å². The number of rotatable bonds is 9. The van der Waals surface area contributed by atoms with Crippen molar-refractivity contribution in [2.24, 2.45) is 11.8 Å². The molecule has 0 saturated carbocycles. The van der Waals surface area contributed by atoms with Crippen molar-refractivity contribution >= 4 is 23.8 Å². The van der Waals surface area contributed by atoms with Gasteiger partial charge in [0.05, 0.1) is 29.1 Å². The van der Waals surface area contributed by atoms with E-state index in [-0.39, 0.29) is 77.1 Å². The predicted octanol–water partition coefficient (Wildman–Crippen LogP) is 9.50. The van der Waals surface area contributed by atoms with Crippen molar-refractivity contribution < 1.29 is 64.2 Å². The van der Waals surface area contributed by atoms with Gasteiger partial charge in [-0.15, -0.1) is 0 Å². The summed E-state index contributed by atoms with van der Waals surface area (Å²) in [7, 11) is 0. The second-order valence-electron chi connectivity index (χ2n) is 17.9. The Morgan fingerprint density at radius 1 is 0.629 bits per heavy atom. The average molecular weight is 975 g/mol. The number of aromatic carboxylic acids is 1. The van der Waals surface area contributed by atoms with Gasteiger partial charge in [0.15, 0.2) is 0 Å². The van der Waals surface area contributed by atoms with Crippen molar-refractivity contribution in [3.05, 3.63) is 129 Å². The molecule has 2 fully saturated rings. The Kier molecular flexibility index (Phi) is 13.2. The van der Waals surface area contributed by atoms with Crippen molar-refractivity contribution in [1.29, 1.82) is 0 Å². The summed E-state index contributed by atoms with van der Waals surface area (Å²) in [6.45, 7) is 4.96. The summed E-state index contributed by atoms with van der Waals surface area (Å²) >= 11 is 0. The molecule has 6 heterocycles. The van der Waals surface area contributed by atoms with Crippen LogP contribution in [0.5, 0.6) is 0 Å².